The van der Waals surface area contributed by atoms with E-state index in [9.17, 15) is 4.39 Å². The smallest absolute Gasteiger partial charge is 0.207 e. The Morgan fingerprint density at radius 2 is 1.78 bits per heavy atom. The van der Waals surface area contributed by atoms with Crippen molar-refractivity contribution < 1.29 is 4.39 Å². The van der Waals surface area contributed by atoms with Crippen LogP contribution in [0.4, 0.5) is 4.39 Å². The first-order valence-electron chi connectivity index (χ1n) is 2.45. The zero-order valence-corrected chi connectivity index (χ0v) is 6.32. The van der Waals surface area contributed by atoms with E-state index in [2.05, 4.69) is 0 Å². The fourth-order valence-electron chi connectivity index (χ4n) is 0.513. The van der Waals surface area contributed by atoms with Gasteiger partial charge < -0.3 is 0 Å². The van der Waals surface area contributed by atoms with Gasteiger partial charge in [0.25, 0.3) is 0 Å². The van der Waals surface area contributed by atoms with E-state index in [1.807, 2.05) is 0 Å². The molecule has 0 bridgehead atoms. The lowest BCUT2D eigenvalue weighted by Crippen LogP contribution is -2.06. The summed E-state index contributed by atoms with van der Waals surface area (Å²) in [6, 6.07) is 6.18. The largest absolute Gasteiger partial charge is 0.210 e. The third-order valence-corrected chi connectivity index (χ3v) is 2.16. The Morgan fingerprint density at radius 3 is 2.22 bits per heavy atom. The molecule has 0 nitrogen and oxygen atoms in total. The minimum Gasteiger partial charge on any atom is -0.207 e. The van der Waals surface area contributed by atoms with Gasteiger partial charge in [-0.3, -0.25) is 0 Å². The summed E-state index contributed by atoms with van der Waals surface area (Å²) in [4.78, 5) is 0. The van der Waals surface area contributed by atoms with Crippen molar-refractivity contribution in [1.29, 1.82) is 0 Å². The molecule has 0 unspecified atom stereocenters. The van der Waals surface area contributed by atoms with E-state index < -0.39 is 0 Å². The van der Waals surface area contributed by atoms with Gasteiger partial charge in [0.05, 0.1) is 0 Å². The molecule has 0 fully saturated rings. The van der Waals surface area contributed by atoms with Crippen LogP contribution in [0.5, 0.6) is 0 Å². The first kappa shape index (κ1) is 6.77. The lowest BCUT2D eigenvalue weighted by Gasteiger charge is -1.89. The Kier molecular flexibility index (Phi) is 2.25. The van der Waals surface area contributed by atoms with E-state index in [0.717, 1.165) is 5.19 Å². The van der Waals surface area contributed by atoms with Gasteiger partial charge in [0.15, 0.2) is 0 Å². The van der Waals surface area contributed by atoms with E-state index in [4.69, 9.17) is 11.1 Å². The summed E-state index contributed by atoms with van der Waals surface area (Å²) >= 11 is 5.48. The van der Waals surface area contributed by atoms with Crippen molar-refractivity contribution in [3.05, 3.63) is 30.1 Å². The first-order valence-corrected chi connectivity index (χ1v) is 4.46. The van der Waals surface area contributed by atoms with Gasteiger partial charge in [-0.1, -0.05) is 12.1 Å². The zero-order chi connectivity index (χ0) is 6.69. The van der Waals surface area contributed by atoms with Gasteiger partial charge in [0, 0.05) is 0 Å². The number of hydrogen-bond donors (Lipinski definition) is 0. The summed E-state index contributed by atoms with van der Waals surface area (Å²) < 4.78 is 12.2. The maximum absolute atomic E-state index is 12.2. The molecule has 0 aliphatic carbocycles. The highest BCUT2D eigenvalue weighted by Gasteiger charge is 1.90. The van der Waals surface area contributed by atoms with Crippen molar-refractivity contribution in [1.82, 2.24) is 0 Å². The van der Waals surface area contributed by atoms with Crippen LogP contribution in [-0.2, 0) is 0 Å². The molecular formula is C6H4ClFSi. The maximum atomic E-state index is 12.2. The van der Waals surface area contributed by atoms with Gasteiger partial charge in [-0.05, 0) is 17.3 Å². The highest BCUT2D eigenvalue weighted by atomic mass is 35.6. The van der Waals surface area contributed by atoms with Crippen molar-refractivity contribution >= 4 is 25.1 Å². The number of halogens is 2. The van der Waals surface area contributed by atoms with Crippen molar-refractivity contribution in [2.45, 2.75) is 0 Å². The number of hydrogen-bond acceptors (Lipinski definition) is 0. The molecule has 1 rings (SSSR count). The summed E-state index contributed by atoms with van der Waals surface area (Å²) in [6.07, 6.45) is 0. The van der Waals surface area contributed by atoms with E-state index in [1.54, 1.807) is 12.1 Å². The van der Waals surface area contributed by atoms with Crippen molar-refractivity contribution in [3.8, 4) is 0 Å². The molecule has 0 N–H and O–H groups in total. The molecule has 2 radical (unpaired) electrons. The molecule has 0 atom stereocenters. The minimum absolute atomic E-state index is 0.214. The molecular weight excluding hydrogens is 155 g/mol. The van der Waals surface area contributed by atoms with Gasteiger partial charge >= 0.3 is 0 Å². The van der Waals surface area contributed by atoms with Crippen LogP contribution < -0.4 is 5.19 Å². The summed E-state index contributed by atoms with van der Waals surface area (Å²) in [5, 5.41) is 0.970. The quantitative estimate of drug-likeness (QED) is 0.427. The van der Waals surface area contributed by atoms with Gasteiger partial charge in [-0.15, -0.1) is 0 Å². The summed E-state index contributed by atoms with van der Waals surface area (Å²) in [7, 11) is 0.232. The highest BCUT2D eigenvalue weighted by molar-refractivity contribution is 7.01. The van der Waals surface area contributed by atoms with Gasteiger partial charge in [0.2, 0.25) is 8.83 Å². The second-order valence-electron chi connectivity index (χ2n) is 1.60. The molecule has 0 amide bonds. The second-order valence-corrected chi connectivity index (χ2v) is 2.93. The fourth-order valence-corrected chi connectivity index (χ4v) is 1.18. The van der Waals surface area contributed by atoms with Crippen LogP contribution in [-0.4, -0.2) is 8.83 Å². The molecule has 0 spiro atoms. The molecule has 0 saturated heterocycles. The SMILES string of the molecule is Fc1ccc([Si]Cl)cc1. The monoisotopic (exact) mass is 158 g/mol. The molecule has 9 heavy (non-hydrogen) atoms. The normalized spacial score (nSPS) is 9.56. The molecule has 46 valence electrons. The predicted molar refractivity (Wildman–Crippen MR) is 37.6 cm³/mol. The van der Waals surface area contributed by atoms with Crippen LogP contribution in [0.15, 0.2) is 24.3 Å². The summed E-state index contributed by atoms with van der Waals surface area (Å²) in [6.45, 7) is 0. The van der Waals surface area contributed by atoms with E-state index >= 15 is 0 Å². The zero-order valence-electron chi connectivity index (χ0n) is 4.57. The Hall–Kier alpha value is -0.343. The molecule has 0 saturated carbocycles. The van der Waals surface area contributed by atoms with E-state index in [-0.39, 0.29) is 14.6 Å². The molecule has 0 aliphatic rings. The average molecular weight is 159 g/mol. The number of benzene rings is 1. The van der Waals surface area contributed by atoms with Crippen LogP contribution in [0.2, 0.25) is 0 Å². The minimum atomic E-state index is -0.214. The van der Waals surface area contributed by atoms with Gasteiger partial charge in [-0.25, -0.2) is 4.39 Å². The fraction of sp³-hybridized carbons (Fsp3) is 0. The Balaban J connectivity index is 2.88. The van der Waals surface area contributed by atoms with E-state index in [1.165, 1.54) is 12.1 Å². The first-order chi connectivity index (χ1) is 4.33. The topological polar surface area (TPSA) is 0 Å². The third-order valence-electron chi connectivity index (χ3n) is 0.953. The molecule has 1 aromatic carbocycles. The van der Waals surface area contributed by atoms with E-state index in [0.29, 0.717) is 0 Å². The standard InChI is InChI=1S/C6H4ClFSi/c7-9-6-3-1-5(8)2-4-6/h1-4H. The Bertz CT molecular complexity index is 185. The molecule has 0 heterocycles. The Labute approximate surface area is 60.2 Å². The second kappa shape index (κ2) is 2.99. The maximum Gasteiger partial charge on any atom is 0.210 e. The third kappa shape index (κ3) is 1.80. The predicted octanol–water partition coefficient (Wildman–Crippen LogP) is 1.31. The molecule has 0 aromatic heterocycles. The van der Waals surface area contributed by atoms with Crippen LogP contribution >= 0.6 is 11.1 Å². The molecule has 1 aromatic rings. The summed E-state index contributed by atoms with van der Waals surface area (Å²) in [5.74, 6) is -0.214. The van der Waals surface area contributed by atoms with Crippen molar-refractivity contribution in [2.75, 3.05) is 0 Å². The van der Waals surface area contributed by atoms with Crippen LogP contribution in [0.3, 0.4) is 0 Å². The van der Waals surface area contributed by atoms with Gasteiger partial charge in [0.1, 0.15) is 5.82 Å². The van der Waals surface area contributed by atoms with Crippen LogP contribution in [0, 0.1) is 5.82 Å². The Morgan fingerprint density at radius 1 is 1.22 bits per heavy atom. The molecule has 0 aliphatic heterocycles. The summed E-state index contributed by atoms with van der Waals surface area (Å²) in [5.41, 5.74) is 0. The average Bonchev–Trinajstić information content (AvgIpc) is 1.90. The van der Waals surface area contributed by atoms with Crippen LogP contribution in [0.25, 0.3) is 0 Å². The molecule has 3 heteroatoms. The lowest BCUT2D eigenvalue weighted by molar-refractivity contribution is 0.628. The lowest BCUT2D eigenvalue weighted by atomic mass is 10.3. The van der Waals surface area contributed by atoms with Crippen molar-refractivity contribution in [2.24, 2.45) is 0 Å². The highest BCUT2D eigenvalue weighted by Crippen LogP contribution is 1.91. The van der Waals surface area contributed by atoms with Gasteiger partial charge in [-0.2, -0.15) is 11.1 Å². The van der Waals surface area contributed by atoms with Crippen LogP contribution in [0.1, 0.15) is 0 Å². The van der Waals surface area contributed by atoms with Crippen molar-refractivity contribution in [3.63, 3.8) is 0 Å². The number of rotatable bonds is 1.